The van der Waals surface area contributed by atoms with Crippen molar-refractivity contribution in [3.05, 3.63) is 109 Å². The van der Waals surface area contributed by atoms with Crippen molar-refractivity contribution in [2.24, 2.45) is 0 Å². The van der Waals surface area contributed by atoms with E-state index in [0.29, 0.717) is 0 Å². The molecule has 0 aromatic heterocycles. The molecule has 0 N–H and O–H groups in total. The number of para-hydroxylation sites is 2. The number of hydrogen-bond donors (Lipinski definition) is 0. The van der Waals surface area contributed by atoms with E-state index in [2.05, 4.69) is 24.3 Å². The van der Waals surface area contributed by atoms with Gasteiger partial charge in [0.1, 0.15) is 0 Å². The molecule has 4 rings (SSSR count). The minimum absolute atomic E-state index is 0.429. The number of benzene rings is 4. The number of ether oxygens (including phenoxy) is 2. The van der Waals surface area contributed by atoms with Gasteiger partial charge in [-0.05, 0) is 0 Å². The Hall–Kier alpha value is -2.73. The van der Waals surface area contributed by atoms with Gasteiger partial charge in [-0.2, -0.15) is 0 Å². The molecular formula is C24H18O2Te. The normalized spacial score (nSPS) is 10.4. The van der Waals surface area contributed by atoms with E-state index in [9.17, 15) is 0 Å². The van der Waals surface area contributed by atoms with Crippen molar-refractivity contribution in [3.8, 4) is 23.0 Å². The van der Waals surface area contributed by atoms with Crippen LogP contribution in [0.25, 0.3) is 0 Å². The van der Waals surface area contributed by atoms with Gasteiger partial charge >= 0.3 is 170 Å². The summed E-state index contributed by atoms with van der Waals surface area (Å²) in [5, 5.41) is 0. The number of hydrogen-bond acceptors (Lipinski definition) is 2. The molecule has 0 atom stereocenters. The molecule has 0 spiro atoms. The fourth-order valence-electron chi connectivity index (χ4n) is 2.54. The molecule has 27 heavy (non-hydrogen) atoms. The first-order chi connectivity index (χ1) is 13.3. The SMILES string of the molecule is c1ccc(Oc2ccc([Te]c3ccc(Oc4ccccc4)cc3)cc2)cc1. The van der Waals surface area contributed by atoms with Crippen molar-refractivity contribution in [2.45, 2.75) is 0 Å². The van der Waals surface area contributed by atoms with E-state index in [1.54, 1.807) is 0 Å². The molecule has 4 aromatic rings. The van der Waals surface area contributed by atoms with E-state index in [4.69, 9.17) is 9.47 Å². The first-order valence-corrected chi connectivity index (χ1v) is 11.0. The molecule has 132 valence electrons. The van der Waals surface area contributed by atoms with Gasteiger partial charge in [0.15, 0.2) is 0 Å². The predicted octanol–water partition coefficient (Wildman–Crippen LogP) is 4.93. The summed E-state index contributed by atoms with van der Waals surface area (Å²) < 4.78 is 14.5. The second-order valence-electron chi connectivity index (χ2n) is 5.88. The topological polar surface area (TPSA) is 18.5 Å². The molecule has 0 heterocycles. The van der Waals surface area contributed by atoms with E-state index < -0.39 is 20.9 Å². The van der Waals surface area contributed by atoms with Crippen LogP contribution in [0.2, 0.25) is 0 Å². The zero-order valence-corrected chi connectivity index (χ0v) is 16.9. The minimum atomic E-state index is -0.429. The molecule has 0 saturated heterocycles. The molecule has 0 fully saturated rings. The number of rotatable bonds is 6. The summed E-state index contributed by atoms with van der Waals surface area (Å²) in [4.78, 5) is 0. The van der Waals surface area contributed by atoms with Gasteiger partial charge < -0.3 is 0 Å². The van der Waals surface area contributed by atoms with Gasteiger partial charge in [0.25, 0.3) is 0 Å². The van der Waals surface area contributed by atoms with Crippen LogP contribution in [0.15, 0.2) is 109 Å². The first kappa shape index (κ1) is 17.7. The molecule has 0 amide bonds. The van der Waals surface area contributed by atoms with Crippen LogP contribution in [-0.2, 0) is 0 Å². The second kappa shape index (κ2) is 8.77. The maximum atomic E-state index is 5.85. The summed E-state index contributed by atoms with van der Waals surface area (Å²) in [5.74, 6) is 3.44. The van der Waals surface area contributed by atoms with E-state index in [0.717, 1.165) is 23.0 Å². The quantitative estimate of drug-likeness (QED) is 0.376. The van der Waals surface area contributed by atoms with Gasteiger partial charge in [-0.25, -0.2) is 0 Å². The standard InChI is InChI=1S/C24H18O2Te/c1-3-7-19(8-4-1)25-21-11-15-23(16-12-21)27-24-17-13-22(14-18-24)26-20-9-5-2-6-10-20/h1-18H. The van der Waals surface area contributed by atoms with E-state index in [1.165, 1.54) is 7.22 Å². The Balaban J connectivity index is 1.37. The monoisotopic (exact) mass is 468 g/mol. The van der Waals surface area contributed by atoms with Gasteiger partial charge in [-0.3, -0.25) is 0 Å². The molecule has 3 heteroatoms. The van der Waals surface area contributed by atoms with Crippen LogP contribution in [0.1, 0.15) is 0 Å². The fourth-order valence-corrected chi connectivity index (χ4v) is 4.87. The average Bonchev–Trinajstić information content (AvgIpc) is 2.73. The third kappa shape index (κ3) is 5.14. The van der Waals surface area contributed by atoms with Crippen LogP contribution in [0.3, 0.4) is 0 Å². The molecule has 0 saturated carbocycles. The predicted molar refractivity (Wildman–Crippen MR) is 111 cm³/mol. The Kier molecular flexibility index (Phi) is 5.74. The van der Waals surface area contributed by atoms with Crippen LogP contribution in [0.5, 0.6) is 23.0 Å². The summed E-state index contributed by atoms with van der Waals surface area (Å²) >= 11 is -0.429. The summed E-state index contributed by atoms with van der Waals surface area (Å²) in [6.07, 6.45) is 0. The van der Waals surface area contributed by atoms with Crippen molar-refractivity contribution < 1.29 is 9.47 Å². The third-order valence-corrected chi connectivity index (χ3v) is 6.74. The Labute approximate surface area is 169 Å². The van der Waals surface area contributed by atoms with Gasteiger partial charge in [0, 0.05) is 0 Å². The first-order valence-electron chi connectivity index (χ1n) is 8.69. The second-order valence-corrected chi connectivity index (χ2v) is 9.15. The summed E-state index contributed by atoms with van der Waals surface area (Å²) in [6.45, 7) is 0. The molecular weight excluding hydrogens is 448 g/mol. The molecule has 0 radical (unpaired) electrons. The molecule has 0 unspecified atom stereocenters. The summed E-state index contributed by atoms with van der Waals surface area (Å²) in [6, 6.07) is 36.5. The zero-order valence-electron chi connectivity index (χ0n) is 14.6. The van der Waals surface area contributed by atoms with Gasteiger partial charge in [-0.15, -0.1) is 0 Å². The fraction of sp³-hybridized carbons (Fsp3) is 0. The van der Waals surface area contributed by atoms with Gasteiger partial charge in [-0.1, -0.05) is 0 Å². The van der Waals surface area contributed by atoms with Crippen LogP contribution < -0.4 is 16.7 Å². The van der Waals surface area contributed by atoms with Crippen LogP contribution in [-0.4, -0.2) is 20.9 Å². The van der Waals surface area contributed by atoms with Gasteiger partial charge in [0.05, 0.1) is 0 Å². The molecule has 0 aliphatic heterocycles. The third-order valence-electron chi connectivity index (χ3n) is 3.84. The van der Waals surface area contributed by atoms with Crippen molar-refractivity contribution in [1.82, 2.24) is 0 Å². The molecule has 0 aliphatic rings. The summed E-state index contributed by atoms with van der Waals surface area (Å²) in [5.41, 5.74) is 0. The molecule has 0 bridgehead atoms. The van der Waals surface area contributed by atoms with Crippen molar-refractivity contribution >= 4 is 28.1 Å². The van der Waals surface area contributed by atoms with E-state index in [-0.39, 0.29) is 0 Å². The summed E-state index contributed by atoms with van der Waals surface area (Å²) in [7, 11) is 0. The Morgan fingerprint density at radius 1 is 0.370 bits per heavy atom. The van der Waals surface area contributed by atoms with Crippen LogP contribution in [0.4, 0.5) is 0 Å². The Morgan fingerprint density at radius 3 is 1.07 bits per heavy atom. The van der Waals surface area contributed by atoms with E-state index in [1.807, 2.05) is 84.9 Å². The van der Waals surface area contributed by atoms with Crippen LogP contribution in [0, 0.1) is 0 Å². The van der Waals surface area contributed by atoms with Crippen LogP contribution >= 0.6 is 0 Å². The van der Waals surface area contributed by atoms with Crippen molar-refractivity contribution in [1.29, 1.82) is 0 Å². The molecule has 4 aromatic carbocycles. The zero-order chi connectivity index (χ0) is 18.3. The van der Waals surface area contributed by atoms with E-state index >= 15 is 0 Å². The Bertz CT molecular complexity index is 883. The Morgan fingerprint density at radius 2 is 0.704 bits per heavy atom. The van der Waals surface area contributed by atoms with Gasteiger partial charge in [0.2, 0.25) is 0 Å². The van der Waals surface area contributed by atoms with Crippen molar-refractivity contribution in [2.75, 3.05) is 0 Å². The average molecular weight is 466 g/mol. The maximum absolute atomic E-state index is 5.85. The molecule has 0 aliphatic carbocycles. The molecule has 2 nitrogen and oxygen atoms in total. The van der Waals surface area contributed by atoms with Crippen molar-refractivity contribution in [3.63, 3.8) is 0 Å².